The van der Waals surface area contributed by atoms with E-state index in [2.05, 4.69) is 20.8 Å². The first-order valence-corrected chi connectivity index (χ1v) is 11.9. The first-order valence-electron chi connectivity index (χ1n) is 8.89. The fraction of sp³-hybridized carbons (Fsp3) is 0.250. The Kier molecular flexibility index (Phi) is 5.79. The number of fused-ring (bicyclic) bond motifs is 2. The number of benzene rings is 2. The molecular formula is C20H19N3O2S3. The molecule has 0 saturated heterocycles. The summed E-state index contributed by atoms with van der Waals surface area (Å²) in [6.07, 6.45) is 2.07. The van der Waals surface area contributed by atoms with E-state index in [1.807, 2.05) is 49.4 Å². The fourth-order valence-electron chi connectivity index (χ4n) is 2.89. The van der Waals surface area contributed by atoms with Gasteiger partial charge in [-0.2, -0.15) is 16.8 Å². The lowest BCUT2D eigenvalue weighted by Gasteiger charge is -2.05. The van der Waals surface area contributed by atoms with Crippen molar-refractivity contribution in [2.45, 2.75) is 13.5 Å². The Labute approximate surface area is 174 Å². The number of carbonyl (C=O) groups is 1. The predicted molar refractivity (Wildman–Crippen MR) is 119 cm³/mol. The van der Waals surface area contributed by atoms with Crippen molar-refractivity contribution in [3.63, 3.8) is 0 Å². The van der Waals surface area contributed by atoms with Crippen LogP contribution in [0.25, 0.3) is 20.4 Å². The van der Waals surface area contributed by atoms with Gasteiger partial charge in [0.05, 0.1) is 27.0 Å². The van der Waals surface area contributed by atoms with Crippen molar-refractivity contribution < 1.29 is 9.53 Å². The van der Waals surface area contributed by atoms with Crippen LogP contribution in [-0.2, 0) is 6.54 Å². The van der Waals surface area contributed by atoms with Gasteiger partial charge in [0.15, 0.2) is 9.81 Å². The summed E-state index contributed by atoms with van der Waals surface area (Å²) in [5.74, 6) is 1.48. The van der Waals surface area contributed by atoms with Crippen molar-refractivity contribution >= 4 is 60.8 Å². The first-order chi connectivity index (χ1) is 13.7. The molecule has 4 rings (SSSR count). The number of aromatic nitrogens is 2. The third-order valence-corrected chi connectivity index (χ3v) is 6.81. The molecular weight excluding hydrogens is 410 g/mol. The molecule has 1 amide bonds. The van der Waals surface area contributed by atoms with Crippen LogP contribution in [-0.4, -0.2) is 34.1 Å². The molecule has 4 aromatic rings. The van der Waals surface area contributed by atoms with Gasteiger partial charge in [0.25, 0.3) is 0 Å². The molecule has 144 valence electrons. The van der Waals surface area contributed by atoms with Gasteiger partial charge in [0.1, 0.15) is 5.75 Å². The Bertz CT molecular complexity index is 1170. The third kappa shape index (κ3) is 3.85. The minimum atomic E-state index is -0.296. The number of thiazole rings is 2. The molecule has 2 aromatic carbocycles. The van der Waals surface area contributed by atoms with Crippen LogP contribution in [0.3, 0.4) is 0 Å². The molecule has 2 heterocycles. The van der Waals surface area contributed by atoms with Crippen LogP contribution in [0.2, 0.25) is 0 Å². The van der Waals surface area contributed by atoms with Gasteiger partial charge in [0.2, 0.25) is 0 Å². The minimum absolute atomic E-state index is 0.296. The van der Waals surface area contributed by atoms with Crippen molar-refractivity contribution in [1.82, 2.24) is 9.55 Å². The SMILES string of the molecule is CCOc1ccc2c(c1)sc(=NC(=O)c1nc3ccccc3s1)n2CCSC. The Morgan fingerprint density at radius 2 is 2.07 bits per heavy atom. The number of aryl methyl sites for hydroxylation is 1. The van der Waals surface area contributed by atoms with Crippen molar-refractivity contribution in [3.8, 4) is 5.75 Å². The number of ether oxygens (including phenoxy) is 1. The summed E-state index contributed by atoms with van der Waals surface area (Å²) < 4.78 is 9.78. The zero-order valence-corrected chi connectivity index (χ0v) is 18.0. The molecule has 5 nitrogen and oxygen atoms in total. The quantitative estimate of drug-likeness (QED) is 0.441. The molecule has 8 heteroatoms. The number of nitrogens with zero attached hydrogens (tertiary/aromatic N) is 3. The molecule has 0 spiro atoms. The second-order valence-corrected chi connectivity index (χ2v) is 9.02. The molecule has 28 heavy (non-hydrogen) atoms. The Balaban J connectivity index is 1.79. The Morgan fingerprint density at radius 1 is 1.21 bits per heavy atom. The summed E-state index contributed by atoms with van der Waals surface area (Å²) in [5.41, 5.74) is 1.90. The number of carbonyl (C=O) groups excluding carboxylic acids is 1. The summed E-state index contributed by atoms with van der Waals surface area (Å²) in [7, 11) is 0. The maximum Gasteiger partial charge on any atom is 0.308 e. The highest BCUT2D eigenvalue weighted by molar-refractivity contribution is 7.98. The van der Waals surface area contributed by atoms with E-state index in [9.17, 15) is 4.79 Å². The smallest absolute Gasteiger partial charge is 0.308 e. The van der Waals surface area contributed by atoms with Crippen LogP contribution < -0.4 is 9.54 Å². The zero-order valence-electron chi connectivity index (χ0n) is 15.5. The summed E-state index contributed by atoms with van der Waals surface area (Å²) in [5, 5.41) is 0.421. The second kappa shape index (κ2) is 8.46. The molecule has 0 fully saturated rings. The van der Waals surface area contributed by atoms with E-state index in [-0.39, 0.29) is 5.91 Å². The van der Waals surface area contributed by atoms with Gasteiger partial charge in [0, 0.05) is 12.3 Å². The molecule has 0 bridgehead atoms. The van der Waals surface area contributed by atoms with E-state index in [0.717, 1.165) is 38.5 Å². The molecule has 0 atom stereocenters. The number of rotatable bonds is 6. The number of thioether (sulfide) groups is 1. The largest absolute Gasteiger partial charge is 0.494 e. The van der Waals surface area contributed by atoms with Crippen LogP contribution in [0, 0.1) is 0 Å². The molecule has 0 saturated carbocycles. The van der Waals surface area contributed by atoms with Gasteiger partial charge in [-0.05, 0) is 43.5 Å². The van der Waals surface area contributed by atoms with E-state index >= 15 is 0 Å². The van der Waals surface area contributed by atoms with E-state index in [1.54, 1.807) is 11.8 Å². The normalized spacial score (nSPS) is 12.1. The predicted octanol–water partition coefficient (Wildman–Crippen LogP) is 4.82. The van der Waals surface area contributed by atoms with Crippen molar-refractivity contribution in [2.75, 3.05) is 18.6 Å². The Hall–Kier alpha value is -2.16. The van der Waals surface area contributed by atoms with Gasteiger partial charge in [-0.15, -0.1) is 11.3 Å². The monoisotopic (exact) mass is 429 g/mol. The van der Waals surface area contributed by atoms with Crippen molar-refractivity contribution in [3.05, 3.63) is 52.3 Å². The average molecular weight is 430 g/mol. The first kappa shape index (κ1) is 19.2. The van der Waals surface area contributed by atoms with Crippen molar-refractivity contribution in [1.29, 1.82) is 0 Å². The average Bonchev–Trinajstić information content (AvgIpc) is 3.27. The molecule has 0 N–H and O–H groups in total. The molecule has 0 unspecified atom stereocenters. The van der Waals surface area contributed by atoms with E-state index in [4.69, 9.17) is 4.74 Å². The van der Waals surface area contributed by atoms with Crippen LogP contribution >= 0.6 is 34.4 Å². The summed E-state index contributed by atoms with van der Waals surface area (Å²) >= 11 is 4.66. The van der Waals surface area contributed by atoms with Gasteiger partial charge >= 0.3 is 5.91 Å². The van der Waals surface area contributed by atoms with Gasteiger partial charge in [-0.25, -0.2) is 4.98 Å². The minimum Gasteiger partial charge on any atom is -0.494 e. The molecule has 0 aliphatic carbocycles. The molecule has 2 aromatic heterocycles. The lowest BCUT2D eigenvalue weighted by molar-refractivity contribution is 0.0997. The standard InChI is InChI=1S/C20H19N3O2S3/c1-3-25-13-8-9-15-17(12-13)28-20(23(15)10-11-26-2)22-18(24)19-21-14-6-4-5-7-16(14)27-19/h4-9,12H,3,10-11H2,1-2H3. The van der Waals surface area contributed by atoms with Gasteiger partial charge in [-0.1, -0.05) is 23.5 Å². The Morgan fingerprint density at radius 3 is 2.86 bits per heavy atom. The fourth-order valence-corrected chi connectivity index (χ4v) is 5.19. The lowest BCUT2D eigenvalue weighted by atomic mass is 10.3. The van der Waals surface area contributed by atoms with E-state index in [0.29, 0.717) is 16.4 Å². The number of hydrogen-bond donors (Lipinski definition) is 0. The third-order valence-electron chi connectivity index (χ3n) is 4.16. The second-order valence-electron chi connectivity index (χ2n) is 6.00. The number of amides is 1. The van der Waals surface area contributed by atoms with Crippen LogP contribution in [0.4, 0.5) is 0 Å². The van der Waals surface area contributed by atoms with E-state index in [1.165, 1.54) is 22.7 Å². The van der Waals surface area contributed by atoms with Crippen LogP contribution in [0.1, 0.15) is 16.7 Å². The molecule has 0 aliphatic heterocycles. The van der Waals surface area contributed by atoms with Crippen molar-refractivity contribution in [2.24, 2.45) is 4.99 Å². The highest BCUT2D eigenvalue weighted by Gasteiger charge is 2.13. The molecule has 0 radical (unpaired) electrons. The summed E-state index contributed by atoms with van der Waals surface area (Å²) in [4.78, 5) is 22.4. The number of hydrogen-bond acceptors (Lipinski definition) is 6. The zero-order chi connectivity index (χ0) is 19.5. The number of para-hydroxylation sites is 1. The summed E-state index contributed by atoms with van der Waals surface area (Å²) in [6.45, 7) is 3.38. The highest BCUT2D eigenvalue weighted by Crippen LogP contribution is 2.25. The molecule has 0 aliphatic rings. The van der Waals surface area contributed by atoms with Gasteiger partial charge in [-0.3, -0.25) is 4.79 Å². The van der Waals surface area contributed by atoms with Crippen LogP contribution in [0.5, 0.6) is 5.75 Å². The summed E-state index contributed by atoms with van der Waals surface area (Å²) in [6, 6.07) is 13.8. The van der Waals surface area contributed by atoms with Gasteiger partial charge < -0.3 is 9.30 Å². The maximum absolute atomic E-state index is 12.8. The van der Waals surface area contributed by atoms with Crippen LogP contribution in [0.15, 0.2) is 47.5 Å². The maximum atomic E-state index is 12.8. The lowest BCUT2D eigenvalue weighted by Crippen LogP contribution is -2.18. The highest BCUT2D eigenvalue weighted by atomic mass is 32.2. The van der Waals surface area contributed by atoms with E-state index < -0.39 is 0 Å². The topological polar surface area (TPSA) is 56.5 Å².